The van der Waals surface area contributed by atoms with Gasteiger partial charge < -0.3 is 9.64 Å². The fourth-order valence-corrected chi connectivity index (χ4v) is 4.36. The van der Waals surface area contributed by atoms with Crippen molar-refractivity contribution >= 4 is 39.2 Å². The van der Waals surface area contributed by atoms with Gasteiger partial charge in [0.25, 0.3) is 0 Å². The third-order valence-corrected chi connectivity index (χ3v) is 6.01. The fraction of sp³-hybridized carbons (Fsp3) is 0.500. The van der Waals surface area contributed by atoms with Gasteiger partial charge in [-0.1, -0.05) is 16.8 Å². The Labute approximate surface area is 153 Å². The quantitative estimate of drug-likeness (QED) is 0.699. The highest BCUT2D eigenvalue weighted by molar-refractivity contribution is 7.14. The number of fused-ring (bicyclic) bond motifs is 1. The average Bonchev–Trinajstić information content (AvgIpc) is 3.23. The van der Waals surface area contributed by atoms with Gasteiger partial charge in [-0.2, -0.15) is 4.37 Å². The molecule has 1 aliphatic heterocycles. The Morgan fingerprint density at radius 3 is 3.04 bits per heavy atom. The van der Waals surface area contributed by atoms with Crippen LogP contribution in [0.4, 0.5) is 5.82 Å². The lowest BCUT2D eigenvalue weighted by atomic mass is 10.1. The Bertz CT molecular complexity index is 936. The molecule has 3 aromatic heterocycles. The maximum absolute atomic E-state index is 6.32. The second-order valence-electron chi connectivity index (χ2n) is 6.59. The summed E-state index contributed by atoms with van der Waals surface area (Å²) >= 11 is 7.70. The van der Waals surface area contributed by atoms with Crippen LogP contribution in [-0.4, -0.2) is 50.2 Å². The van der Waals surface area contributed by atoms with Crippen LogP contribution in [-0.2, 0) is 4.74 Å². The number of anilines is 1. The summed E-state index contributed by atoms with van der Waals surface area (Å²) in [5.41, 5.74) is 2.82. The minimum absolute atomic E-state index is 0.267. The molecule has 0 spiro atoms. The van der Waals surface area contributed by atoms with Crippen LogP contribution < -0.4 is 4.90 Å². The molecule has 3 aromatic rings. The van der Waals surface area contributed by atoms with Crippen LogP contribution in [0.1, 0.15) is 25.8 Å². The van der Waals surface area contributed by atoms with Gasteiger partial charge in [-0.25, -0.2) is 9.67 Å². The Balaban J connectivity index is 1.70. The Morgan fingerprint density at radius 1 is 1.36 bits per heavy atom. The van der Waals surface area contributed by atoms with Gasteiger partial charge in [-0.05, 0) is 37.4 Å². The summed E-state index contributed by atoms with van der Waals surface area (Å²) in [6.07, 6.45) is 4.13. The molecule has 0 amide bonds. The van der Waals surface area contributed by atoms with Gasteiger partial charge in [0.1, 0.15) is 11.3 Å². The van der Waals surface area contributed by atoms with Gasteiger partial charge in [0, 0.05) is 12.1 Å². The lowest BCUT2D eigenvalue weighted by molar-refractivity contribution is 0.0986. The highest BCUT2D eigenvalue weighted by Crippen LogP contribution is 2.41. The topological polar surface area (TPSA) is 69.0 Å². The monoisotopic (exact) mass is 376 g/mol. The molecule has 4 heterocycles. The van der Waals surface area contributed by atoms with E-state index in [2.05, 4.69) is 32.6 Å². The van der Waals surface area contributed by atoms with Gasteiger partial charge in [-0.15, -0.1) is 5.10 Å². The van der Waals surface area contributed by atoms with Crippen LogP contribution in [0.25, 0.3) is 21.5 Å². The molecule has 2 aliphatic rings. The number of nitrogens with zero attached hydrogens (tertiary/aromatic N) is 6. The Morgan fingerprint density at radius 2 is 2.24 bits per heavy atom. The van der Waals surface area contributed by atoms with Crippen LogP contribution in [0, 0.1) is 0 Å². The maximum atomic E-state index is 6.32. The summed E-state index contributed by atoms with van der Waals surface area (Å²) in [7, 11) is 0. The van der Waals surface area contributed by atoms with E-state index in [4.69, 9.17) is 21.3 Å². The minimum atomic E-state index is 0.267. The molecular formula is C16H17ClN6OS. The van der Waals surface area contributed by atoms with E-state index >= 15 is 0 Å². The number of rotatable bonds is 3. The van der Waals surface area contributed by atoms with Crippen molar-refractivity contribution in [2.24, 2.45) is 0 Å². The number of halogens is 1. The third kappa shape index (κ3) is 2.59. The molecule has 0 aromatic carbocycles. The van der Waals surface area contributed by atoms with Crippen LogP contribution >= 0.6 is 23.1 Å². The van der Waals surface area contributed by atoms with Gasteiger partial charge in [0.15, 0.2) is 5.15 Å². The van der Waals surface area contributed by atoms with E-state index < -0.39 is 0 Å². The SMILES string of the molecule is C[C@@H]1COCCN1c1cc(-c2cnnn2C2CC2)c2snc(Cl)c2n1. The van der Waals surface area contributed by atoms with Crippen LogP contribution in [0.2, 0.25) is 5.15 Å². The summed E-state index contributed by atoms with van der Waals surface area (Å²) in [4.78, 5) is 7.08. The number of hydrogen-bond donors (Lipinski definition) is 0. The van der Waals surface area contributed by atoms with Crippen LogP contribution in [0.5, 0.6) is 0 Å². The minimum Gasteiger partial charge on any atom is -0.377 e. The smallest absolute Gasteiger partial charge is 0.169 e. The van der Waals surface area contributed by atoms with Gasteiger partial charge in [-0.3, -0.25) is 0 Å². The number of hydrogen-bond acceptors (Lipinski definition) is 7. The molecule has 0 unspecified atom stereocenters. The summed E-state index contributed by atoms with van der Waals surface area (Å²) in [5.74, 6) is 0.906. The first-order valence-electron chi connectivity index (χ1n) is 8.43. The first-order chi connectivity index (χ1) is 12.2. The normalized spacial score (nSPS) is 21.2. The van der Waals surface area contributed by atoms with E-state index in [0.29, 0.717) is 24.4 Å². The highest BCUT2D eigenvalue weighted by Gasteiger charge is 2.29. The molecule has 0 N–H and O–H groups in total. The molecule has 5 rings (SSSR count). The third-order valence-electron chi connectivity index (χ3n) is 4.78. The Hall–Kier alpha value is -1.77. The number of ether oxygens (including phenoxy) is 1. The van der Waals surface area contributed by atoms with Crippen molar-refractivity contribution in [3.05, 3.63) is 17.4 Å². The van der Waals surface area contributed by atoms with Crippen LogP contribution in [0.3, 0.4) is 0 Å². The number of morpholine rings is 1. The van der Waals surface area contributed by atoms with E-state index in [9.17, 15) is 0 Å². The van der Waals surface area contributed by atoms with Gasteiger partial charge in [0.2, 0.25) is 0 Å². The molecule has 25 heavy (non-hydrogen) atoms. The molecule has 0 bridgehead atoms. The van der Waals surface area contributed by atoms with Gasteiger partial charge >= 0.3 is 0 Å². The van der Waals surface area contributed by atoms with E-state index in [0.717, 1.165) is 46.7 Å². The van der Waals surface area contributed by atoms with Crippen molar-refractivity contribution < 1.29 is 4.74 Å². The summed E-state index contributed by atoms with van der Waals surface area (Å²) in [6, 6.07) is 2.84. The lowest BCUT2D eigenvalue weighted by Gasteiger charge is -2.34. The standard InChI is InChI=1S/C16H17ClN6OS/c1-9-8-24-5-4-22(9)13-6-11(15-14(19-13)16(17)20-25-15)12-7-18-21-23(12)10-2-3-10/h6-7,9-10H,2-5,8H2,1H3/t9-/m1/s1. The summed E-state index contributed by atoms with van der Waals surface area (Å²) in [6.45, 7) is 4.37. The highest BCUT2D eigenvalue weighted by atomic mass is 35.5. The molecule has 0 radical (unpaired) electrons. The predicted molar refractivity (Wildman–Crippen MR) is 97.3 cm³/mol. The number of pyridine rings is 1. The van der Waals surface area contributed by atoms with Crippen molar-refractivity contribution in [2.75, 3.05) is 24.7 Å². The molecule has 130 valence electrons. The second kappa shape index (κ2) is 5.89. The van der Waals surface area contributed by atoms with Crippen LogP contribution in [0.15, 0.2) is 12.3 Å². The molecule has 1 saturated carbocycles. The average molecular weight is 377 g/mol. The second-order valence-corrected chi connectivity index (χ2v) is 7.72. The maximum Gasteiger partial charge on any atom is 0.169 e. The van der Waals surface area contributed by atoms with E-state index in [1.54, 1.807) is 0 Å². The van der Waals surface area contributed by atoms with Crippen molar-refractivity contribution in [1.82, 2.24) is 24.4 Å². The zero-order valence-corrected chi connectivity index (χ0v) is 15.3. The van der Waals surface area contributed by atoms with E-state index in [-0.39, 0.29) is 6.04 Å². The molecule has 2 fully saturated rings. The summed E-state index contributed by atoms with van der Waals surface area (Å²) in [5, 5.41) is 8.88. The first-order valence-corrected chi connectivity index (χ1v) is 9.58. The predicted octanol–water partition coefficient (Wildman–Crippen LogP) is 3.16. The molecule has 9 heteroatoms. The van der Waals surface area contributed by atoms with Crippen molar-refractivity contribution in [1.29, 1.82) is 0 Å². The molecule has 7 nitrogen and oxygen atoms in total. The van der Waals surface area contributed by atoms with Crippen molar-refractivity contribution in [3.8, 4) is 11.3 Å². The molecule has 1 atom stereocenters. The summed E-state index contributed by atoms with van der Waals surface area (Å²) < 4.78 is 12.9. The Kier molecular flexibility index (Phi) is 3.65. The van der Waals surface area contributed by atoms with Crippen molar-refractivity contribution in [2.45, 2.75) is 31.8 Å². The molecule has 1 saturated heterocycles. The van der Waals surface area contributed by atoms with Gasteiger partial charge in [0.05, 0.1) is 41.9 Å². The zero-order chi connectivity index (χ0) is 17.0. The largest absolute Gasteiger partial charge is 0.377 e. The zero-order valence-electron chi connectivity index (χ0n) is 13.7. The number of aromatic nitrogens is 5. The first kappa shape index (κ1) is 15.5. The molecule has 1 aliphatic carbocycles. The fourth-order valence-electron chi connectivity index (χ4n) is 3.31. The van der Waals surface area contributed by atoms with E-state index in [1.165, 1.54) is 11.5 Å². The lowest BCUT2D eigenvalue weighted by Crippen LogP contribution is -2.44. The molecular weight excluding hydrogens is 360 g/mol. The van der Waals surface area contributed by atoms with E-state index in [1.807, 2.05) is 10.9 Å². The van der Waals surface area contributed by atoms with Crippen molar-refractivity contribution in [3.63, 3.8) is 0 Å².